The first-order valence-corrected chi connectivity index (χ1v) is 14.1. The van der Waals surface area contributed by atoms with Crippen LogP contribution in [0, 0.1) is 13.8 Å². The van der Waals surface area contributed by atoms with Gasteiger partial charge in [0.2, 0.25) is 0 Å². The predicted molar refractivity (Wildman–Crippen MR) is 151 cm³/mol. The summed E-state index contributed by atoms with van der Waals surface area (Å²) >= 11 is 2.77. The summed E-state index contributed by atoms with van der Waals surface area (Å²) in [5.41, 5.74) is 4.72. The van der Waals surface area contributed by atoms with Crippen molar-refractivity contribution in [2.24, 2.45) is 4.99 Å². The molecule has 0 fully saturated rings. The van der Waals surface area contributed by atoms with Crippen LogP contribution in [-0.2, 0) is 14.3 Å². The second kappa shape index (κ2) is 10.6. The molecule has 3 aromatic heterocycles. The van der Waals surface area contributed by atoms with Gasteiger partial charge in [0.05, 0.1) is 35.1 Å². The van der Waals surface area contributed by atoms with Crippen molar-refractivity contribution in [3.63, 3.8) is 0 Å². The van der Waals surface area contributed by atoms with Crippen molar-refractivity contribution < 1.29 is 19.1 Å². The van der Waals surface area contributed by atoms with E-state index in [0.29, 0.717) is 26.2 Å². The molecule has 0 amide bonds. The molecule has 0 spiro atoms. The monoisotopic (exact) mass is 561 g/mol. The molecular formula is C29H27N3O5S2. The van der Waals surface area contributed by atoms with Gasteiger partial charge in [-0.05, 0) is 75.0 Å². The van der Waals surface area contributed by atoms with Gasteiger partial charge in [0.1, 0.15) is 6.04 Å². The summed E-state index contributed by atoms with van der Waals surface area (Å²) in [6.45, 7) is 7.71. The second-order valence-electron chi connectivity index (χ2n) is 9.02. The number of aryl methyl sites for hydroxylation is 1. The largest absolute Gasteiger partial charge is 0.465 e. The molecule has 1 aliphatic rings. The Hall–Kier alpha value is -4.02. The highest BCUT2D eigenvalue weighted by atomic mass is 32.1. The van der Waals surface area contributed by atoms with Crippen molar-refractivity contribution in [2.75, 3.05) is 13.7 Å². The van der Waals surface area contributed by atoms with E-state index < -0.39 is 18.0 Å². The van der Waals surface area contributed by atoms with E-state index in [1.807, 2.05) is 60.2 Å². The zero-order chi connectivity index (χ0) is 27.8. The number of hydrogen-bond donors (Lipinski definition) is 0. The first-order valence-electron chi connectivity index (χ1n) is 12.4. The summed E-state index contributed by atoms with van der Waals surface area (Å²) in [7, 11) is 1.36. The molecule has 0 unspecified atom stereocenters. The second-order valence-corrected chi connectivity index (χ2v) is 11.0. The van der Waals surface area contributed by atoms with Gasteiger partial charge >= 0.3 is 11.9 Å². The van der Waals surface area contributed by atoms with Crippen LogP contribution in [0.1, 0.15) is 52.1 Å². The molecule has 10 heteroatoms. The average molecular weight is 562 g/mol. The normalized spacial score (nSPS) is 15.2. The summed E-state index contributed by atoms with van der Waals surface area (Å²) in [5.74, 6) is -0.873. The van der Waals surface area contributed by atoms with Gasteiger partial charge in [-0.1, -0.05) is 23.5 Å². The topological polar surface area (TPSA) is 91.9 Å². The molecule has 0 saturated carbocycles. The summed E-state index contributed by atoms with van der Waals surface area (Å²) in [6.07, 6.45) is 1.86. The third-order valence-corrected chi connectivity index (χ3v) is 8.52. The van der Waals surface area contributed by atoms with Crippen LogP contribution < -0.4 is 14.9 Å². The Balaban J connectivity index is 1.65. The Morgan fingerprint density at radius 2 is 1.90 bits per heavy atom. The zero-order valence-electron chi connectivity index (χ0n) is 22.2. The minimum absolute atomic E-state index is 0.219. The molecule has 200 valence electrons. The third-order valence-electron chi connectivity index (χ3n) is 6.61. The fourth-order valence-corrected chi connectivity index (χ4v) is 6.73. The number of hydrogen-bond acceptors (Lipinski definition) is 8. The maximum absolute atomic E-state index is 13.8. The highest BCUT2D eigenvalue weighted by Crippen LogP contribution is 2.33. The Morgan fingerprint density at radius 1 is 1.10 bits per heavy atom. The number of thiazole rings is 1. The number of esters is 2. The maximum atomic E-state index is 13.8. The molecule has 0 radical (unpaired) electrons. The number of allylic oxidation sites excluding steroid dienone is 1. The highest BCUT2D eigenvalue weighted by Gasteiger charge is 2.34. The minimum atomic E-state index is -0.601. The number of ether oxygens (including phenoxy) is 2. The lowest BCUT2D eigenvalue weighted by Gasteiger charge is -2.23. The van der Waals surface area contributed by atoms with E-state index in [2.05, 4.69) is 4.99 Å². The van der Waals surface area contributed by atoms with Crippen LogP contribution in [0.4, 0.5) is 0 Å². The zero-order valence-corrected chi connectivity index (χ0v) is 23.8. The van der Waals surface area contributed by atoms with Crippen LogP contribution in [-0.4, -0.2) is 34.8 Å². The van der Waals surface area contributed by atoms with Gasteiger partial charge in [0.25, 0.3) is 5.56 Å². The van der Waals surface area contributed by atoms with Crippen LogP contribution in [0.25, 0.3) is 11.8 Å². The van der Waals surface area contributed by atoms with Gasteiger partial charge < -0.3 is 14.0 Å². The molecule has 0 N–H and O–H groups in total. The van der Waals surface area contributed by atoms with Crippen LogP contribution in [0.15, 0.2) is 68.9 Å². The lowest BCUT2D eigenvalue weighted by Crippen LogP contribution is -2.39. The molecule has 0 aliphatic carbocycles. The minimum Gasteiger partial charge on any atom is -0.465 e. The molecule has 39 heavy (non-hydrogen) atoms. The summed E-state index contributed by atoms with van der Waals surface area (Å²) < 4.78 is 14.4. The number of benzene rings is 1. The van der Waals surface area contributed by atoms with Crippen LogP contribution in [0.5, 0.6) is 0 Å². The fraction of sp³-hybridized carbons (Fsp3) is 0.241. The van der Waals surface area contributed by atoms with Gasteiger partial charge in [0.15, 0.2) is 4.80 Å². The number of fused-ring (bicyclic) bond motifs is 1. The number of methoxy groups -OCH3 is 1. The molecule has 4 aromatic rings. The van der Waals surface area contributed by atoms with Crippen molar-refractivity contribution in [3.05, 3.63) is 106 Å². The Morgan fingerprint density at radius 3 is 2.59 bits per heavy atom. The lowest BCUT2D eigenvalue weighted by atomic mass is 10.0. The SMILES string of the molecule is CCOC(=O)C1=C(C)N=c2sc(=Cc3cc(C)n(-c4cccc(C(=O)OC)c4)c3C)c(=O)n2[C@@H]1c1cccs1. The molecule has 1 atom stereocenters. The molecule has 8 nitrogen and oxygen atoms in total. The van der Waals surface area contributed by atoms with Crippen molar-refractivity contribution >= 4 is 40.7 Å². The van der Waals surface area contributed by atoms with Gasteiger partial charge in [-0.2, -0.15) is 0 Å². The predicted octanol–water partition coefficient (Wildman–Crippen LogP) is 4.05. The quantitative estimate of drug-likeness (QED) is 0.331. The Kier molecular flexibility index (Phi) is 7.24. The van der Waals surface area contributed by atoms with E-state index in [1.165, 1.54) is 29.8 Å². The Labute approximate surface area is 232 Å². The smallest absolute Gasteiger partial charge is 0.338 e. The highest BCUT2D eigenvalue weighted by molar-refractivity contribution is 7.10. The number of thiophene rings is 1. The molecule has 5 rings (SSSR count). The number of aromatic nitrogens is 2. The van der Waals surface area contributed by atoms with E-state index in [1.54, 1.807) is 30.5 Å². The van der Waals surface area contributed by atoms with E-state index >= 15 is 0 Å². The molecule has 0 saturated heterocycles. The summed E-state index contributed by atoms with van der Waals surface area (Å²) in [5, 5.41) is 1.92. The van der Waals surface area contributed by atoms with E-state index in [9.17, 15) is 14.4 Å². The van der Waals surface area contributed by atoms with Gasteiger partial charge in [-0.15, -0.1) is 11.3 Å². The molecular weight excluding hydrogens is 534 g/mol. The average Bonchev–Trinajstić information content (AvgIpc) is 3.62. The van der Waals surface area contributed by atoms with Crippen molar-refractivity contribution in [1.82, 2.24) is 9.13 Å². The van der Waals surface area contributed by atoms with E-state index in [-0.39, 0.29) is 12.2 Å². The van der Waals surface area contributed by atoms with Crippen molar-refractivity contribution in [1.29, 1.82) is 0 Å². The van der Waals surface area contributed by atoms with Crippen molar-refractivity contribution in [2.45, 2.75) is 33.7 Å². The first kappa shape index (κ1) is 26.6. The first-order chi connectivity index (χ1) is 18.7. The standard InChI is InChI=1S/C29H27N3O5S2/c1-6-37-28(35)24-17(3)30-29-32(25(24)22-11-8-12-38-22)26(33)23(39-29)15-20-13-16(2)31(18(20)4)21-10-7-9-19(14-21)27(34)36-5/h7-15,25H,6H2,1-5H3/t25-/m1/s1. The van der Waals surface area contributed by atoms with Crippen LogP contribution in [0.2, 0.25) is 0 Å². The lowest BCUT2D eigenvalue weighted by molar-refractivity contribution is -0.139. The summed E-state index contributed by atoms with van der Waals surface area (Å²) in [4.78, 5) is 44.9. The number of carbonyl (C=O) groups is 2. The third kappa shape index (κ3) is 4.70. The number of nitrogens with zero attached hydrogens (tertiary/aromatic N) is 3. The molecule has 4 heterocycles. The van der Waals surface area contributed by atoms with E-state index in [4.69, 9.17) is 9.47 Å². The maximum Gasteiger partial charge on any atom is 0.338 e. The number of carbonyl (C=O) groups excluding carboxylic acids is 2. The number of rotatable bonds is 6. The van der Waals surface area contributed by atoms with Gasteiger partial charge in [-0.3, -0.25) is 9.36 Å². The van der Waals surface area contributed by atoms with Crippen LogP contribution in [0.3, 0.4) is 0 Å². The molecule has 1 aromatic carbocycles. The van der Waals surface area contributed by atoms with E-state index in [0.717, 1.165) is 27.5 Å². The van der Waals surface area contributed by atoms with Crippen molar-refractivity contribution in [3.8, 4) is 5.69 Å². The van der Waals surface area contributed by atoms with Gasteiger partial charge in [-0.25, -0.2) is 14.6 Å². The fourth-order valence-electron chi connectivity index (χ4n) is 4.87. The van der Waals surface area contributed by atoms with Gasteiger partial charge in [0, 0.05) is 22.0 Å². The summed E-state index contributed by atoms with van der Waals surface area (Å²) in [6, 6.07) is 12.4. The molecule has 0 bridgehead atoms. The molecule has 1 aliphatic heterocycles. The Bertz CT molecular complexity index is 1810. The van der Waals surface area contributed by atoms with Crippen LogP contribution >= 0.6 is 22.7 Å².